The van der Waals surface area contributed by atoms with E-state index in [9.17, 15) is 13.2 Å². The first-order valence-electron chi connectivity index (χ1n) is 10.3. The van der Waals surface area contributed by atoms with Gasteiger partial charge in [0.15, 0.2) is 0 Å². The smallest absolute Gasteiger partial charge is 0.229 e. The highest BCUT2D eigenvalue weighted by atomic mass is 32.2. The summed E-state index contributed by atoms with van der Waals surface area (Å²) < 4.78 is 32.7. The Labute approximate surface area is 167 Å². The standard InChI is InChI=1S/C21H30N2O4S/c1-15-6-9-19(27-2)18(12-15)22-20(24)17-13-23(28(25,26)16-7-8-16)14-21(17)10-4-3-5-11-21/h6,9,12,16-17H,3-5,7-8,10-11,13-14H2,1-2H3,(H,22,24)/t17-/m1/s1. The molecule has 6 nitrogen and oxygen atoms in total. The third kappa shape index (κ3) is 3.54. The Kier molecular flexibility index (Phi) is 5.16. The van der Waals surface area contributed by atoms with Crippen LogP contribution in [0.15, 0.2) is 18.2 Å². The zero-order chi connectivity index (χ0) is 19.9. The molecule has 28 heavy (non-hydrogen) atoms. The fourth-order valence-electron chi connectivity index (χ4n) is 4.96. The van der Waals surface area contributed by atoms with Gasteiger partial charge in [-0.1, -0.05) is 25.3 Å². The third-order valence-electron chi connectivity index (χ3n) is 6.70. The lowest BCUT2D eigenvalue weighted by Gasteiger charge is -2.37. The number of methoxy groups -OCH3 is 1. The van der Waals surface area contributed by atoms with Crippen molar-refractivity contribution in [3.63, 3.8) is 0 Å². The lowest BCUT2D eigenvalue weighted by atomic mass is 9.67. The van der Waals surface area contributed by atoms with Gasteiger partial charge in [-0.3, -0.25) is 4.79 Å². The van der Waals surface area contributed by atoms with Crippen LogP contribution in [0.1, 0.15) is 50.5 Å². The number of carbonyl (C=O) groups excluding carboxylic acids is 1. The maximum Gasteiger partial charge on any atom is 0.229 e. The van der Waals surface area contributed by atoms with Gasteiger partial charge < -0.3 is 10.1 Å². The van der Waals surface area contributed by atoms with Crippen molar-refractivity contribution in [1.82, 2.24) is 4.31 Å². The lowest BCUT2D eigenvalue weighted by Crippen LogP contribution is -2.39. The number of hydrogen-bond donors (Lipinski definition) is 1. The summed E-state index contributed by atoms with van der Waals surface area (Å²) in [5.41, 5.74) is 1.45. The molecule has 154 valence electrons. The van der Waals surface area contributed by atoms with Crippen LogP contribution >= 0.6 is 0 Å². The van der Waals surface area contributed by atoms with Crippen LogP contribution in [-0.4, -0.2) is 44.1 Å². The Balaban J connectivity index is 1.60. The summed E-state index contributed by atoms with van der Waals surface area (Å²) >= 11 is 0. The van der Waals surface area contributed by atoms with Crippen molar-refractivity contribution in [3.05, 3.63) is 23.8 Å². The van der Waals surface area contributed by atoms with Gasteiger partial charge in [-0.25, -0.2) is 12.7 Å². The van der Waals surface area contributed by atoms with Gasteiger partial charge in [-0.2, -0.15) is 0 Å². The van der Waals surface area contributed by atoms with Gasteiger partial charge in [0, 0.05) is 13.1 Å². The van der Waals surface area contributed by atoms with Crippen LogP contribution in [0.4, 0.5) is 5.69 Å². The van der Waals surface area contributed by atoms with Crippen LogP contribution in [0.3, 0.4) is 0 Å². The van der Waals surface area contributed by atoms with Crippen LogP contribution in [0.2, 0.25) is 0 Å². The number of nitrogens with zero attached hydrogens (tertiary/aromatic N) is 1. The van der Waals surface area contributed by atoms with Crippen molar-refractivity contribution in [2.75, 3.05) is 25.5 Å². The molecule has 0 unspecified atom stereocenters. The van der Waals surface area contributed by atoms with E-state index in [0.29, 0.717) is 24.5 Å². The fraction of sp³-hybridized carbons (Fsp3) is 0.667. The molecule has 2 saturated carbocycles. The van der Waals surface area contributed by atoms with E-state index in [1.807, 2.05) is 25.1 Å². The van der Waals surface area contributed by atoms with Crippen molar-refractivity contribution >= 4 is 21.6 Å². The first-order valence-corrected chi connectivity index (χ1v) is 11.8. The van der Waals surface area contributed by atoms with Gasteiger partial charge in [-0.15, -0.1) is 0 Å². The van der Waals surface area contributed by atoms with Gasteiger partial charge >= 0.3 is 0 Å². The summed E-state index contributed by atoms with van der Waals surface area (Å²) in [6.07, 6.45) is 6.65. The van der Waals surface area contributed by atoms with Crippen molar-refractivity contribution < 1.29 is 17.9 Å². The predicted octanol–water partition coefficient (Wildman–Crippen LogP) is 3.32. The minimum absolute atomic E-state index is 0.0840. The van der Waals surface area contributed by atoms with Gasteiger partial charge in [0.2, 0.25) is 15.9 Å². The number of nitrogens with one attached hydrogen (secondary N) is 1. The number of aryl methyl sites for hydroxylation is 1. The van der Waals surface area contributed by atoms with Crippen LogP contribution in [0.5, 0.6) is 5.75 Å². The topological polar surface area (TPSA) is 75.7 Å². The Morgan fingerprint density at radius 3 is 2.57 bits per heavy atom. The van der Waals surface area contributed by atoms with E-state index in [2.05, 4.69) is 5.32 Å². The summed E-state index contributed by atoms with van der Waals surface area (Å²) in [6.45, 7) is 2.77. The Hall–Kier alpha value is -1.60. The van der Waals surface area contributed by atoms with Crippen LogP contribution in [0.25, 0.3) is 0 Å². The molecule has 1 heterocycles. The van der Waals surface area contributed by atoms with E-state index in [0.717, 1.165) is 50.5 Å². The molecule has 1 spiro atoms. The number of amides is 1. The van der Waals surface area contributed by atoms with Gasteiger partial charge in [0.25, 0.3) is 0 Å². The number of anilines is 1. The van der Waals surface area contributed by atoms with Crippen molar-refractivity contribution in [2.24, 2.45) is 11.3 Å². The number of sulfonamides is 1. The predicted molar refractivity (Wildman–Crippen MR) is 109 cm³/mol. The molecule has 1 aromatic rings. The molecule has 3 fully saturated rings. The van der Waals surface area contributed by atoms with Crippen molar-refractivity contribution in [1.29, 1.82) is 0 Å². The summed E-state index contributed by atoms with van der Waals surface area (Å²) in [7, 11) is -1.69. The molecule has 0 aromatic heterocycles. The van der Waals surface area contributed by atoms with E-state index in [-0.39, 0.29) is 22.5 Å². The molecule has 7 heteroatoms. The summed E-state index contributed by atoms with van der Waals surface area (Å²) in [4.78, 5) is 13.3. The molecule has 1 N–H and O–H groups in total. The third-order valence-corrected chi connectivity index (χ3v) is 9.01. The number of benzene rings is 1. The molecular formula is C21H30N2O4S. The highest BCUT2D eigenvalue weighted by Gasteiger charge is 2.55. The molecule has 0 radical (unpaired) electrons. The zero-order valence-electron chi connectivity index (χ0n) is 16.7. The number of carbonyl (C=O) groups is 1. The number of rotatable bonds is 5. The summed E-state index contributed by atoms with van der Waals surface area (Å²) in [5, 5.41) is 2.82. The van der Waals surface area contributed by atoms with Crippen LogP contribution in [0, 0.1) is 18.3 Å². The molecular weight excluding hydrogens is 376 g/mol. The zero-order valence-corrected chi connectivity index (χ0v) is 17.6. The van der Waals surface area contributed by atoms with Crippen molar-refractivity contribution in [2.45, 2.75) is 57.1 Å². The Bertz CT molecular complexity index is 857. The highest BCUT2D eigenvalue weighted by Crippen LogP contribution is 2.50. The van der Waals surface area contributed by atoms with Crippen LogP contribution < -0.4 is 10.1 Å². The average molecular weight is 407 g/mol. The average Bonchev–Trinajstić information content (AvgIpc) is 3.46. The van der Waals surface area contributed by atoms with Gasteiger partial charge in [0.1, 0.15) is 5.75 Å². The molecule has 1 amide bonds. The van der Waals surface area contributed by atoms with E-state index in [1.165, 1.54) is 0 Å². The monoisotopic (exact) mass is 406 g/mol. The molecule has 3 aliphatic rings. The van der Waals surface area contributed by atoms with E-state index < -0.39 is 10.0 Å². The van der Waals surface area contributed by atoms with Crippen LogP contribution in [-0.2, 0) is 14.8 Å². The minimum Gasteiger partial charge on any atom is -0.495 e. The molecule has 2 aliphatic carbocycles. The van der Waals surface area contributed by atoms with E-state index in [1.54, 1.807) is 11.4 Å². The minimum atomic E-state index is -3.27. The van der Waals surface area contributed by atoms with E-state index >= 15 is 0 Å². The second-order valence-electron chi connectivity index (χ2n) is 8.71. The molecule has 1 aromatic carbocycles. The first kappa shape index (κ1) is 19.7. The second kappa shape index (κ2) is 7.34. The van der Waals surface area contributed by atoms with E-state index in [4.69, 9.17) is 4.74 Å². The van der Waals surface area contributed by atoms with Gasteiger partial charge in [0.05, 0.1) is 24.0 Å². The molecule has 1 aliphatic heterocycles. The molecule has 1 atom stereocenters. The number of hydrogen-bond acceptors (Lipinski definition) is 4. The first-order chi connectivity index (χ1) is 13.4. The molecule has 1 saturated heterocycles. The largest absolute Gasteiger partial charge is 0.495 e. The number of ether oxygens (including phenoxy) is 1. The summed E-state index contributed by atoms with van der Waals surface area (Å²) in [5.74, 6) is 0.225. The fourth-order valence-corrected chi connectivity index (χ4v) is 6.90. The second-order valence-corrected chi connectivity index (χ2v) is 10.9. The maximum absolute atomic E-state index is 13.3. The highest BCUT2D eigenvalue weighted by molar-refractivity contribution is 7.90. The Morgan fingerprint density at radius 2 is 1.93 bits per heavy atom. The van der Waals surface area contributed by atoms with Crippen molar-refractivity contribution in [3.8, 4) is 5.75 Å². The maximum atomic E-state index is 13.3. The summed E-state index contributed by atoms with van der Waals surface area (Å²) in [6, 6.07) is 5.69. The quantitative estimate of drug-likeness (QED) is 0.814. The normalized spacial score (nSPS) is 25.0. The molecule has 0 bridgehead atoms. The lowest BCUT2D eigenvalue weighted by molar-refractivity contribution is -0.123. The SMILES string of the molecule is COc1ccc(C)cc1NC(=O)[C@H]1CN(S(=O)(=O)C2CC2)CC12CCCCC2. The molecule has 4 rings (SSSR count). The Morgan fingerprint density at radius 1 is 1.21 bits per heavy atom. The van der Waals surface area contributed by atoms with Gasteiger partial charge in [-0.05, 0) is 55.7 Å².